The van der Waals surface area contributed by atoms with Crippen molar-refractivity contribution >= 4 is 0 Å². The van der Waals surface area contributed by atoms with Crippen LogP contribution in [0.15, 0.2) is 12.4 Å². The average molecular weight is 125 g/mol. The molecule has 0 radical (unpaired) electrons. The topological polar surface area (TPSA) is 19.7 Å². The molecule has 0 unspecified atom stereocenters. The van der Waals surface area contributed by atoms with E-state index in [0.29, 0.717) is 6.04 Å². The van der Waals surface area contributed by atoms with Crippen LogP contribution in [0.3, 0.4) is 0 Å². The van der Waals surface area contributed by atoms with Crippen LogP contribution in [0, 0.1) is 6.92 Å². The Morgan fingerprint density at radius 1 is 1.56 bits per heavy atom. The first-order valence-corrected chi connectivity index (χ1v) is 3.27. The third kappa shape index (κ3) is 1.12. The SMILES string of the molecule is Cc1[nH]cc[n+]1C(C)C. The maximum Gasteiger partial charge on any atom is 0.251 e. The second-order valence-corrected chi connectivity index (χ2v) is 2.55. The molecule has 1 heterocycles. The summed E-state index contributed by atoms with van der Waals surface area (Å²) >= 11 is 0. The van der Waals surface area contributed by atoms with Crippen LogP contribution < -0.4 is 4.57 Å². The molecular weight excluding hydrogens is 112 g/mol. The fraction of sp³-hybridized carbons (Fsp3) is 0.571. The normalized spacial score (nSPS) is 10.7. The molecule has 1 N–H and O–H groups in total. The highest BCUT2D eigenvalue weighted by atomic mass is 15.1. The van der Waals surface area contributed by atoms with E-state index in [-0.39, 0.29) is 0 Å². The van der Waals surface area contributed by atoms with Gasteiger partial charge in [0, 0.05) is 6.92 Å². The minimum atomic E-state index is 0.566. The van der Waals surface area contributed by atoms with Gasteiger partial charge in [-0.2, -0.15) is 0 Å². The van der Waals surface area contributed by atoms with Crippen molar-refractivity contribution in [2.24, 2.45) is 0 Å². The molecule has 0 aliphatic carbocycles. The summed E-state index contributed by atoms with van der Waals surface area (Å²) in [6, 6.07) is 0.566. The molecule has 0 aliphatic heterocycles. The first-order valence-electron chi connectivity index (χ1n) is 3.27. The van der Waals surface area contributed by atoms with E-state index in [1.165, 1.54) is 5.82 Å². The molecule has 0 fully saturated rings. The summed E-state index contributed by atoms with van der Waals surface area (Å²) in [6.07, 6.45) is 4.01. The van der Waals surface area contributed by atoms with Crippen molar-refractivity contribution in [1.29, 1.82) is 0 Å². The standard InChI is InChI=1S/C7H12N2/c1-6(2)9-5-4-8-7(9)3/h4-6H,1-3H3/p+1. The molecule has 1 aromatic heterocycles. The van der Waals surface area contributed by atoms with E-state index in [9.17, 15) is 0 Å². The van der Waals surface area contributed by atoms with Gasteiger partial charge in [0.25, 0.3) is 5.82 Å². The van der Waals surface area contributed by atoms with Crippen molar-refractivity contribution in [2.45, 2.75) is 26.8 Å². The zero-order valence-corrected chi connectivity index (χ0v) is 6.18. The van der Waals surface area contributed by atoms with E-state index in [1.54, 1.807) is 0 Å². The Morgan fingerprint density at radius 3 is 2.44 bits per heavy atom. The quantitative estimate of drug-likeness (QED) is 0.544. The number of imidazole rings is 1. The van der Waals surface area contributed by atoms with Gasteiger partial charge in [-0.25, -0.2) is 9.55 Å². The van der Waals surface area contributed by atoms with Crippen LogP contribution in [0.2, 0.25) is 0 Å². The third-order valence-corrected chi connectivity index (χ3v) is 1.47. The first-order chi connectivity index (χ1) is 4.22. The van der Waals surface area contributed by atoms with Crippen LogP contribution in [-0.4, -0.2) is 4.98 Å². The predicted octanol–water partition coefficient (Wildman–Crippen LogP) is 1.19. The maximum absolute atomic E-state index is 3.11. The minimum Gasteiger partial charge on any atom is -0.248 e. The largest absolute Gasteiger partial charge is 0.251 e. The van der Waals surface area contributed by atoms with Crippen LogP contribution >= 0.6 is 0 Å². The number of hydrogen-bond donors (Lipinski definition) is 1. The highest BCUT2D eigenvalue weighted by molar-refractivity contribution is 4.71. The summed E-state index contributed by atoms with van der Waals surface area (Å²) in [6.45, 7) is 6.40. The lowest BCUT2D eigenvalue weighted by Gasteiger charge is -1.98. The Balaban J connectivity index is 2.94. The van der Waals surface area contributed by atoms with Gasteiger partial charge in [0.15, 0.2) is 0 Å². The highest BCUT2D eigenvalue weighted by Gasteiger charge is 2.06. The van der Waals surface area contributed by atoms with Crippen LogP contribution in [0.5, 0.6) is 0 Å². The molecule has 0 saturated carbocycles. The molecule has 50 valence electrons. The van der Waals surface area contributed by atoms with Crippen molar-refractivity contribution in [3.8, 4) is 0 Å². The Hall–Kier alpha value is -0.790. The van der Waals surface area contributed by atoms with Crippen molar-refractivity contribution < 1.29 is 4.57 Å². The summed E-state index contributed by atoms with van der Waals surface area (Å²) in [5.74, 6) is 1.21. The van der Waals surface area contributed by atoms with Gasteiger partial charge in [-0.15, -0.1) is 0 Å². The van der Waals surface area contributed by atoms with Crippen LogP contribution in [0.25, 0.3) is 0 Å². The molecule has 1 aromatic rings. The van der Waals surface area contributed by atoms with E-state index >= 15 is 0 Å². The fourth-order valence-corrected chi connectivity index (χ4v) is 0.984. The van der Waals surface area contributed by atoms with Gasteiger partial charge in [0.1, 0.15) is 12.4 Å². The lowest BCUT2D eigenvalue weighted by Crippen LogP contribution is -2.36. The average Bonchev–Trinajstić information content (AvgIpc) is 2.13. The second kappa shape index (κ2) is 2.21. The molecule has 0 aromatic carbocycles. The number of nitrogens with zero attached hydrogens (tertiary/aromatic N) is 1. The van der Waals surface area contributed by atoms with Gasteiger partial charge in [-0.3, -0.25) is 0 Å². The zero-order valence-electron chi connectivity index (χ0n) is 6.18. The number of aromatic amines is 1. The van der Waals surface area contributed by atoms with E-state index in [4.69, 9.17) is 0 Å². The van der Waals surface area contributed by atoms with E-state index in [2.05, 4.69) is 36.5 Å². The number of aryl methyl sites for hydroxylation is 1. The lowest BCUT2D eigenvalue weighted by atomic mass is 10.4. The van der Waals surface area contributed by atoms with Crippen molar-refractivity contribution in [1.82, 2.24) is 4.98 Å². The minimum absolute atomic E-state index is 0.566. The van der Waals surface area contributed by atoms with E-state index < -0.39 is 0 Å². The van der Waals surface area contributed by atoms with Gasteiger partial charge in [0.2, 0.25) is 0 Å². The van der Waals surface area contributed by atoms with Crippen molar-refractivity contribution in [3.05, 3.63) is 18.2 Å². The lowest BCUT2D eigenvalue weighted by molar-refractivity contribution is -0.720. The first kappa shape index (κ1) is 6.33. The molecular formula is C7H13N2+. The van der Waals surface area contributed by atoms with Crippen molar-refractivity contribution in [3.63, 3.8) is 0 Å². The van der Waals surface area contributed by atoms with E-state index in [0.717, 1.165) is 0 Å². The summed E-state index contributed by atoms with van der Waals surface area (Å²) in [7, 11) is 0. The molecule has 0 amide bonds. The van der Waals surface area contributed by atoms with Crippen LogP contribution in [0.1, 0.15) is 25.7 Å². The number of hydrogen-bond acceptors (Lipinski definition) is 0. The van der Waals surface area contributed by atoms with Crippen LogP contribution in [0.4, 0.5) is 0 Å². The smallest absolute Gasteiger partial charge is 0.248 e. The molecule has 0 atom stereocenters. The summed E-state index contributed by atoms with van der Waals surface area (Å²) in [4.78, 5) is 3.11. The molecule has 2 heteroatoms. The predicted molar refractivity (Wildman–Crippen MR) is 36.1 cm³/mol. The van der Waals surface area contributed by atoms with Crippen LogP contribution in [-0.2, 0) is 0 Å². The molecule has 0 saturated heterocycles. The number of nitrogens with one attached hydrogen (secondary N) is 1. The molecule has 0 aliphatic rings. The second-order valence-electron chi connectivity index (χ2n) is 2.55. The van der Waals surface area contributed by atoms with Gasteiger partial charge in [-0.1, -0.05) is 0 Å². The Bertz CT molecular complexity index is 189. The number of aromatic nitrogens is 2. The summed E-state index contributed by atoms with van der Waals surface area (Å²) in [5, 5.41) is 0. The highest BCUT2D eigenvalue weighted by Crippen LogP contribution is 1.92. The van der Waals surface area contributed by atoms with E-state index in [1.807, 2.05) is 6.20 Å². The summed E-state index contributed by atoms with van der Waals surface area (Å²) < 4.78 is 2.19. The zero-order chi connectivity index (χ0) is 6.85. The summed E-state index contributed by atoms with van der Waals surface area (Å²) in [5.41, 5.74) is 0. The molecule has 0 bridgehead atoms. The van der Waals surface area contributed by atoms with Gasteiger partial charge in [0.05, 0.1) is 6.04 Å². The molecule has 0 spiro atoms. The number of rotatable bonds is 1. The van der Waals surface area contributed by atoms with Crippen molar-refractivity contribution in [2.75, 3.05) is 0 Å². The van der Waals surface area contributed by atoms with Gasteiger partial charge in [-0.05, 0) is 13.8 Å². The number of H-pyrrole nitrogens is 1. The Morgan fingerprint density at radius 2 is 2.22 bits per heavy atom. The monoisotopic (exact) mass is 125 g/mol. The fourth-order valence-electron chi connectivity index (χ4n) is 0.984. The molecule has 9 heavy (non-hydrogen) atoms. The maximum atomic E-state index is 3.11. The van der Waals surface area contributed by atoms with Gasteiger partial charge < -0.3 is 0 Å². The molecule has 2 nitrogen and oxygen atoms in total. The Labute approximate surface area is 55.5 Å². The van der Waals surface area contributed by atoms with Gasteiger partial charge >= 0.3 is 0 Å². The molecule has 1 rings (SSSR count). The third-order valence-electron chi connectivity index (χ3n) is 1.47. The Kier molecular flexibility index (Phi) is 1.56.